The van der Waals surface area contributed by atoms with Crippen LogP contribution in [0.5, 0.6) is 0 Å². The second kappa shape index (κ2) is 6.82. The summed E-state index contributed by atoms with van der Waals surface area (Å²) in [5, 5.41) is 11.0. The number of rotatable bonds is 6. The zero-order valence-corrected chi connectivity index (χ0v) is 14.4. The molecule has 0 aliphatic heterocycles. The van der Waals surface area contributed by atoms with Crippen molar-refractivity contribution in [1.82, 2.24) is 4.72 Å². The van der Waals surface area contributed by atoms with E-state index in [0.29, 0.717) is 11.3 Å². The molecule has 118 valence electrons. The van der Waals surface area contributed by atoms with E-state index in [0.717, 1.165) is 31.1 Å². The largest absolute Gasteiger partial charge is 0.300 e. The third kappa shape index (κ3) is 3.89. The van der Waals surface area contributed by atoms with Crippen molar-refractivity contribution < 1.29 is 13.3 Å². The molecule has 21 heavy (non-hydrogen) atoms. The first-order chi connectivity index (χ1) is 9.85. The highest BCUT2D eigenvalue weighted by molar-refractivity contribution is 8.00. The number of thiophene rings is 1. The van der Waals surface area contributed by atoms with Crippen LogP contribution in [0.4, 0.5) is 5.69 Å². The van der Waals surface area contributed by atoms with Crippen LogP contribution < -0.4 is 4.72 Å². The average molecular weight is 371 g/mol. The van der Waals surface area contributed by atoms with Gasteiger partial charge in [-0.25, -0.2) is 13.1 Å². The van der Waals surface area contributed by atoms with E-state index in [2.05, 4.69) is 4.72 Å². The Morgan fingerprint density at radius 2 is 2.29 bits per heavy atom. The van der Waals surface area contributed by atoms with Crippen LogP contribution in [0, 0.1) is 10.1 Å². The van der Waals surface area contributed by atoms with Crippen LogP contribution in [-0.2, 0) is 10.0 Å². The van der Waals surface area contributed by atoms with Crippen molar-refractivity contribution in [2.75, 3.05) is 5.75 Å². The van der Waals surface area contributed by atoms with Crippen LogP contribution in [0.15, 0.2) is 10.3 Å². The Bertz CT molecular complexity index is 631. The van der Waals surface area contributed by atoms with Gasteiger partial charge in [-0.1, -0.05) is 24.9 Å². The third-order valence-corrected chi connectivity index (χ3v) is 7.87. The Morgan fingerprint density at radius 3 is 2.86 bits per heavy atom. The summed E-state index contributed by atoms with van der Waals surface area (Å²) < 4.78 is 27.1. The number of halogens is 1. The molecule has 2 unspecified atom stereocenters. The van der Waals surface area contributed by atoms with Crippen LogP contribution in [0.1, 0.15) is 26.2 Å². The summed E-state index contributed by atoms with van der Waals surface area (Å²) in [4.78, 5) is 10.1. The molecule has 0 amide bonds. The van der Waals surface area contributed by atoms with Gasteiger partial charge in [0.15, 0.2) is 4.34 Å². The van der Waals surface area contributed by atoms with E-state index in [1.807, 2.05) is 6.92 Å². The van der Waals surface area contributed by atoms with Gasteiger partial charge < -0.3 is 0 Å². The molecule has 1 N–H and O–H groups in total. The van der Waals surface area contributed by atoms with E-state index in [9.17, 15) is 18.5 Å². The Morgan fingerprint density at radius 1 is 1.57 bits per heavy atom. The maximum atomic E-state index is 12.3. The van der Waals surface area contributed by atoms with Crippen molar-refractivity contribution in [3.63, 3.8) is 0 Å². The van der Waals surface area contributed by atoms with Gasteiger partial charge in [0.25, 0.3) is 15.7 Å². The van der Waals surface area contributed by atoms with E-state index in [4.69, 9.17) is 11.6 Å². The van der Waals surface area contributed by atoms with E-state index in [-0.39, 0.29) is 25.5 Å². The molecule has 10 heteroatoms. The van der Waals surface area contributed by atoms with Crippen molar-refractivity contribution >= 4 is 50.4 Å². The molecule has 1 saturated carbocycles. The first kappa shape index (κ1) is 17.0. The number of sulfonamides is 1. The Hall–Kier alpha value is -0.350. The minimum Gasteiger partial charge on any atom is -0.258 e. The van der Waals surface area contributed by atoms with E-state index in [1.165, 1.54) is 0 Å². The Labute approximate surface area is 136 Å². The van der Waals surface area contributed by atoms with Gasteiger partial charge in [-0.05, 0) is 18.6 Å². The molecule has 0 spiro atoms. The molecule has 1 heterocycles. The minimum absolute atomic E-state index is 0.105. The number of hydrogen-bond acceptors (Lipinski definition) is 6. The van der Waals surface area contributed by atoms with Crippen LogP contribution >= 0.6 is 34.7 Å². The summed E-state index contributed by atoms with van der Waals surface area (Å²) in [5.41, 5.74) is -0.368. The normalized spacial score (nSPS) is 22.6. The van der Waals surface area contributed by atoms with Gasteiger partial charge in [-0.2, -0.15) is 11.8 Å². The lowest BCUT2D eigenvalue weighted by Crippen LogP contribution is -2.38. The standard InChI is InChI=1S/C11H15ClN2O4S3/c1-2-19-9-5-3-4-7(9)13-21(17,18)10-6-8(14(15)16)11(12)20-10/h6-7,9,13H,2-5H2,1H3. The lowest BCUT2D eigenvalue weighted by Gasteiger charge is -2.19. The SMILES string of the molecule is CCSC1CCCC1NS(=O)(=O)c1cc([N+](=O)[O-])c(Cl)s1. The van der Waals surface area contributed by atoms with Crippen molar-refractivity contribution in [1.29, 1.82) is 0 Å². The molecule has 1 aromatic rings. The van der Waals surface area contributed by atoms with Gasteiger partial charge in [0.1, 0.15) is 4.21 Å². The zero-order valence-electron chi connectivity index (χ0n) is 11.2. The molecule has 1 aromatic heterocycles. The summed E-state index contributed by atoms with van der Waals surface area (Å²) >= 11 is 8.17. The maximum Gasteiger partial charge on any atom is 0.300 e. The van der Waals surface area contributed by atoms with Gasteiger partial charge in [-0.15, -0.1) is 11.3 Å². The lowest BCUT2D eigenvalue weighted by atomic mass is 10.3. The van der Waals surface area contributed by atoms with Gasteiger partial charge in [0.05, 0.1) is 4.92 Å². The molecule has 0 aromatic carbocycles. The van der Waals surface area contributed by atoms with Crippen molar-refractivity contribution in [3.05, 3.63) is 20.5 Å². The lowest BCUT2D eigenvalue weighted by molar-refractivity contribution is -0.384. The molecular weight excluding hydrogens is 356 g/mol. The van der Waals surface area contributed by atoms with Gasteiger partial charge >= 0.3 is 0 Å². The Balaban J connectivity index is 2.18. The average Bonchev–Trinajstić information content (AvgIpc) is 2.97. The van der Waals surface area contributed by atoms with Crippen molar-refractivity contribution in [2.24, 2.45) is 0 Å². The predicted octanol–water partition coefficient (Wildman–Crippen LogP) is 3.26. The number of hydrogen-bond donors (Lipinski definition) is 1. The minimum atomic E-state index is -3.76. The van der Waals surface area contributed by atoms with Crippen molar-refractivity contribution in [3.8, 4) is 0 Å². The molecular formula is C11H15ClN2O4S3. The van der Waals surface area contributed by atoms with Crippen LogP contribution in [0.3, 0.4) is 0 Å². The molecule has 1 aliphatic rings. The molecule has 0 bridgehead atoms. The number of thioether (sulfide) groups is 1. The fourth-order valence-corrected chi connectivity index (χ4v) is 6.60. The van der Waals surface area contributed by atoms with Gasteiger partial charge in [0.2, 0.25) is 0 Å². The number of nitrogens with one attached hydrogen (secondary N) is 1. The summed E-state index contributed by atoms with van der Waals surface area (Å²) in [6.45, 7) is 2.04. The van der Waals surface area contributed by atoms with Crippen LogP contribution in [0.2, 0.25) is 4.34 Å². The maximum absolute atomic E-state index is 12.3. The summed E-state index contributed by atoms with van der Waals surface area (Å²) in [7, 11) is -3.76. The monoisotopic (exact) mass is 370 g/mol. The van der Waals surface area contributed by atoms with Crippen LogP contribution in [-0.4, -0.2) is 30.4 Å². The molecule has 6 nitrogen and oxygen atoms in total. The van der Waals surface area contributed by atoms with E-state index < -0.39 is 14.9 Å². The molecule has 1 fully saturated rings. The van der Waals surface area contributed by atoms with E-state index in [1.54, 1.807) is 11.8 Å². The smallest absolute Gasteiger partial charge is 0.258 e. The summed E-state index contributed by atoms with van der Waals surface area (Å²) in [5.74, 6) is 0.930. The number of nitrogens with zero attached hydrogens (tertiary/aromatic N) is 1. The first-order valence-electron chi connectivity index (χ1n) is 6.42. The second-order valence-corrected chi connectivity index (χ2v) is 9.75. The molecule has 2 rings (SSSR count). The quantitative estimate of drug-likeness (QED) is 0.613. The van der Waals surface area contributed by atoms with Gasteiger partial charge in [-0.3, -0.25) is 10.1 Å². The van der Waals surface area contributed by atoms with Crippen LogP contribution in [0.25, 0.3) is 0 Å². The van der Waals surface area contributed by atoms with Gasteiger partial charge in [0, 0.05) is 17.4 Å². The molecule has 2 atom stereocenters. The third-order valence-electron chi connectivity index (χ3n) is 3.25. The zero-order chi connectivity index (χ0) is 15.6. The highest BCUT2D eigenvalue weighted by atomic mass is 35.5. The fraction of sp³-hybridized carbons (Fsp3) is 0.636. The molecule has 0 saturated heterocycles. The molecule has 0 radical (unpaired) electrons. The summed E-state index contributed by atoms with van der Waals surface area (Å²) in [6.07, 6.45) is 2.76. The van der Waals surface area contributed by atoms with E-state index >= 15 is 0 Å². The highest BCUT2D eigenvalue weighted by Crippen LogP contribution is 2.37. The highest BCUT2D eigenvalue weighted by Gasteiger charge is 2.33. The van der Waals surface area contributed by atoms with Crippen molar-refractivity contribution in [2.45, 2.75) is 41.7 Å². The predicted molar refractivity (Wildman–Crippen MR) is 85.9 cm³/mol. The molecule has 1 aliphatic carbocycles. The fourth-order valence-electron chi connectivity index (χ4n) is 2.33. The summed E-state index contributed by atoms with van der Waals surface area (Å²) in [6, 6.07) is 0.895. The Kier molecular flexibility index (Phi) is 5.53. The number of nitro groups is 1. The topological polar surface area (TPSA) is 89.3 Å². The second-order valence-electron chi connectivity index (χ2n) is 4.63. The first-order valence-corrected chi connectivity index (χ1v) is 10.2.